The smallest absolute Gasteiger partial charge is 0.159 e. The molecule has 1 heterocycles. The second-order valence-electron chi connectivity index (χ2n) is 5.43. The van der Waals surface area contributed by atoms with E-state index in [1.54, 1.807) is 0 Å². The highest BCUT2D eigenvalue weighted by Crippen LogP contribution is 2.14. The van der Waals surface area contributed by atoms with Gasteiger partial charge in [-0.1, -0.05) is 58.3 Å². The number of hydrogen-bond donors (Lipinski definition) is 1. The van der Waals surface area contributed by atoms with Crippen molar-refractivity contribution in [2.45, 2.75) is 83.5 Å². The summed E-state index contributed by atoms with van der Waals surface area (Å²) in [6.07, 6.45) is 12.8. The zero-order chi connectivity index (χ0) is 13.1. The minimum atomic E-state index is -0.0333. The van der Waals surface area contributed by atoms with Crippen LogP contribution in [0.15, 0.2) is 0 Å². The second kappa shape index (κ2) is 10.8. The van der Waals surface area contributed by atoms with Gasteiger partial charge in [0.25, 0.3) is 0 Å². The largest absolute Gasteiger partial charge is 0.350 e. The molecule has 1 rings (SSSR count). The molecule has 1 aliphatic rings. The molecular formula is C15H31NO2. The fourth-order valence-corrected chi connectivity index (χ4v) is 2.45. The number of rotatable bonds is 11. The summed E-state index contributed by atoms with van der Waals surface area (Å²) in [4.78, 5) is 0. The molecule has 0 radical (unpaired) electrons. The highest BCUT2D eigenvalue weighted by Gasteiger charge is 2.18. The van der Waals surface area contributed by atoms with Gasteiger partial charge in [0.05, 0.1) is 13.2 Å². The Morgan fingerprint density at radius 3 is 2.11 bits per heavy atom. The van der Waals surface area contributed by atoms with E-state index in [0.717, 1.165) is 26.1 Å². The molecule has 0 aromatic heterocycles. The van der Waals surface area contributed by atoms with E-state index >= 15 is 0 Å². The van der Waals surface area contributed by atoms with Crippen LogP contribution in [0.1, 0.15) is 71.1 Å². The SMILES string of the molecule is CCCCCCCCCCC(N)CC1OCCO1. The Kier molecular flexibility index (Phi) is 9.54. The zero-order valence-electron chi connectivity index (χ0n) is 12.0. The normalized spacial score (nSPS) is 18.3. The molecule has 108 valence electrons. The van der Waals surface area contributed by atoms with Crippen molar-refractivity contribution in [1.29, 1.82) is 0 Å². The molecule has 1 saturated heterocycles. The third kappa shape index (κ3) is 8.06. The van der Waals surface area contributed by atoms with Crippen LogP contribution in [0.5, 0.6) is 0 Å². The summed E-state index contributed by atoms with van der Waals surface area (Å²) in [5, 5.41) is 0. The average molecular weight is 257 g/mol. The van der Waals surface area contributed by atoms with Gasteiger partial charge < -0.3 is 15.2 Å². The van der Waals surface area contributed by atoms with Crippen molar-refractivity contribution < 1.29 is 9.47 Å². The fraction of sp³-hybridized carbons (Fsp3) is 1.00. The molecule has 1 fully saturated rings. The molecule has 1 atom stereocenters. The van der Waals surface area contributed by atoms with Gasteiger partial charge in [-0.3, -0.25) is 0 Å². The average Bonchev–Trinajstić information content (AvgIpc) is 2.85. The van der Waals surface area contributed by atoms with E-state index in [1.807, 2.05) is 0 Å². The van der Waals surface area contributed by atoms with Gasteiger partial charge in [0.15, 0.2) is 6.29 Å². The van der Waals surface area contributed by atoms with E-state index in [-0.39, 0.29) is 12.3 Å². The Morgan fingerprint density at radius 1 is 0.944 bits per heavy atom. The second-order valence-corrected chi connectivity index (χ2v) is 5.43. The summed E-state index contributed by atoms with van der Waals surface area (Å²) in [5.74, 6) is 0. The van der Waals surface area contributed by atoms with Crippen molar-refractivity contribution in [3.8, 4) is 0 Å². The van der Waals surface area contributed by atoms with Crippen LogP contribution in [-0.2, 0) is 9.47 Å². The number of hydrogen-bond acceptors (Lipinski definition) is 3. The lowest BCUT2D eigenvalue weighted by atomic mass is 10.0. The topological polar surface area (TPSA) is 44.5 Å². The van der Waals surface area contributed by atoms with Crippen molar-refractivity contribution in [3.05, 3.63) is 0 Å². The fourth-order valence-electron chi connectivity index (χ4n) is 2.45. The Labute approximate surface area is 112 Å². The number of unbranched alkanes of at least 4 members (excludes halogenated alkanes) is 7. The van der Waals surface area contributed by atoms with E-state index in [9.17, 15) is 0 Å². The third-order valence-corrected chi connectivity index (χ3v) is 3.61. The molecule has 3 heteroatoms. The molecule has 3 nitrogen and oxygen atoms in total. The lowest BCUT2D eigenvalue weighted by Gasteiger charge is -2.15. The van der Waals surface area contributed by atoms with Crippen molar-refractivity contribution in [3.63, 3.8) is 0 Å². The summed E-state index contributed by atoms with van der Waals surface area (Å²) in [5.41, 5.74) is 6.07. The summed E-state index contributed by atoms with van der Waals surface area (Å²) >= 11 is 0. The van der Waals surface area contributed by atoms with Crippen molar-refractivity contribution in [2.75, 3.05) is 13.2 Å². The van der Waals surface area contributed by atoms with Gasteiger partial charge in [-0.25, -0.2) is 0 Å². The van der Waals surface area contributed by atoms with Crippen LogP contribution < -0.4 is 5.73 Å². The highest BCUT2D eigenvalue weighted by atomic mass is 16.7. The van der Waals surface area contributed by atoms with Gasteiger partial charge in [-0.15, -0.1) is 0 Å². The molecule has 0 aromatic carbocycles. The summed E-state index contributed by atoms with van der Waals surface area (Å²) in [6.45, 7) is 3.73. The quantitative estimate of drug-likeness (QED) is 0.575. The first kappa shape index (κ1) is 15.9. The van der Waals surface area contributed by atoms with Crippen LogP contribution in [0.2, 0.25) is 0 Å². The first-order chi connectivity index (χ1) is 8.83. The molecule has 0 bridgehead atoms. The highest BCUT2D eigenvalue weighted by molar-refractivity contribution is 4.66. The van der Waals surface area contributed by atoms with E-state index < -0.39 is 0 Å². The molecule has 0 aromatic rings. The maximum atomic E-state index is 6.07. The molecule has 2 N–H and O–H groups in total. The van der Waals surface area contributed by atoms with Crippen LogP contribution in [0.3, 0.4) is 0 Å². The van der Waals surface area contributed by atoms with Gasteiger partial charge >= 0.3 is 0 Å². The molecule has 0 saturated carbocycles. The molecule has 0 amide bonds. The summed E-state index contributed by atoms with van der Waals surface area (Å²) < 4.78 is 10.8. The molecule has 0 aliphatic carbocycles. The lowest BCUT2D eigenvalue weighted by molar-refractivity contribution is -0.0510. The van der Waals surface area contributed by atoms with Crippen LogP contribution >= 0.6 is 0 Å². The van der Waals surface area contributed by atoms with Gasteiger partial charge in [0.1, 0.15) is 0 Å². The molecule has 18 heavy (non-hydrogen) atoms. The summed E-state index contributed by atoms with van der Waals surface area (Å²) in [7, 11) is 0. The minimum absolute atomic E-state index is 0.0333. The Hall–Kier alpha value is -0.120. The molecular weight excluding hydrogens is 226 g/mol. The predicted octanol–water partition coefficient (Wildman–Crippen LogP) is 3.61. The third-order valence-electron chi connectivity index (χ3n) is 3.61. The van der Waals surface area contributed by atoms with Gasteiger partial charge in [-0.2, -0.15) is 0 Å². The van der Waals surface area contributed by atoms with Crippen LogP contribution in [0.25, 0.3) is 0 Å². The number of nitrogens with two attached hydrogens (primary N) is 1. The van der Waals surface area contributed by atoms with Crippen molar-refractivity contribution in [2.24, 2.45) is 5.73 Å². The van der Waals surface area contributed by atoms with Gasteiger partial charge in [-0.05, 0) is 6.42 Å². The molecule has 0 spiro atoms. The van der Waals surface area contributed by atoms with E-state index in [0.29, 0.717) is 0 Å². The van der Waals surface area contributed by atoms with Gasteiger partial charge in [0.2, 0.25) is 0 Å². The van der Waals surface area contributed by atoms with Crippen LogP contribution in [0.4, 0.5) is 0 Å². The first-order valence-electron chi connectivity index (χ1n) is 7.81. The van der Waals surface area contributed by atoms with Crippen molar-refractivity contribution >= 4 is 0 Å². The zero-order valence-corrected chi connectivity index (χ0v) is 12.0. The van der Waals surface area contributed by atoms with E-state index in [2.05, 4.69) is 6.92 Å². The maximum Gasteiger partial charge on any atom is 0.159 e. The van der Waals surface area contributed by atoms with Gasteiger partial charge in [0, 0.05) is 12.5 Å². The predicted molar refractivity (Wildman–Crippen MR) is 75.5 cm³/mol. The van der Waals surface area contributed by atoms with Crippen LogP contribution in [0, 0.1) is 0 Å². The minimum Gasteiger partial charge on any atom is -0.350 e. The van der Waals surface area contributed by atoms with Crippen molar-refractivity contribution in [1.82, 2.24) is 0 Å². The van der Waals surface area contributed by atoms with E-state index in [1.165, 1.54) is 51.4 Å². The number of ether oxygens (including phenoxy) is 2. The Balaban J connectivity index is 1.81. The molecule has 1 aliphatic heterocycles. The maximum absolute atomic E-state index is 6.07. The summed E-state index contributed by atoms with van der Waals surface area (Å²) in [6, 6.07) is 0.244. The Morgan fingerprint density at radius 2 is 1.50 bits per heavy atom. The monoisotopic (exact) mass is 257 g/mol. The van der Waals surface area contributed by atoms with E-state index in [4.69, 9.17) is 15.2 Å². The first-order valence-corrected chi connectivity index (χ1v) is 7.81. The standard InChI is InChI=1S/C15H31NO2/c1-2-3-4-5-6-7-8-9-10-14(16)13-15-17-11-12-18-15/h14-15H,2-13,16H2,1H3. The lowest BCUT2D eigenvalue weighted by Crippen LogP contribution is -2.26. The van der Waals surface area contributed by atoms with Crippen LogP contribution in [-0.4, -0.2) is 25.5 Å². The Bertz CT molecular complexity index is 181. The molecule has 1 unspecified atom stereocenters.